The zero-order valence-corrected chi connectivity index (χ0v) is 21.7. The fourth-order valence-electron chi connectivity index (χ4n) is 3.69. The minimum Gasteiger partial charge on any atom is -0.457 e. The second-order valence-corrected chi connectivity index (χ2v) is 9.68. The molecule has 0 aliphatic carbocycles. The second kappa shape index (κ2) is 10.7. The third-order valence-corrected chi connectivity index (χ3v) is 6.31. The van der Waals surface area contributed by atoms with Crippen LogP contribution in [0.1, 0.15) is 32.4 Å². The van der Waals surface area contributed by atoms with Crippen LogP contribution in [0.15, 0.2) is 72.4 Å². The van der Waals surface area contributed by atoms with Crippen molar-refractivity contribution >= 4 is 50.8 Å². The fourth-order valence-corrected chi connectivity index (χ4v) is 4.35. The molecule has 3 heterocycles. The molecule has 10 nitrogen and oxygen atoms in total. The molecule has 0 saturated heterocycles. The molecular formula is C27H25N7O3S. The quantitative estimate of drug-likeness (QED) is 0.225. The van der Waals surface area contributed by atoms with Crippen molar-refractivity contribution in [2.24, 2.45) is 0 Å². The molecule has 192 valence electrons. The van der Waals surface area contributed by atoms with E-state index in [-0.39, 0.29) is 11.8 Å². The summed E-state index contributed by atoms with van der Waals surface area (Å²) in [7, 11) is 0. The van der Waals surface area contributed by atoms with Crippen molar-refractivity contribution in [2.45, 2.75) is 26.7 Å². The average Bonchev–Trinajstić information content (AvgIpc) is 3.52. The van der Waals surface area contributed by atoms with Gasteiger partial charge in [0.1, 0.15) is 23.1 Å². The fraction of sp³-hybridized carbons (Fsp3) is 0.148. The van der Waals surface area contributed by atoms with Crippen LogP contribution in [-0.2, 0) is 4.79 Å². The molecule has 38 heavy (non-hydrogen) atoms. The minimum atomic E-state index is -0.404. The number of carbonyl (C=O) groups is 2. The van der Waals surface area contributed by atoms with Gasteiger partial charge in [0.15, 0.2) is 0 Å². The van der Waals surface area contributed by atoms with Crippen molar-refractivity contribution < 1.29 is 14.3 Å². The summed E-state index contributed by atoms with van der Waals surface area (Å²) in [5.41, 5.74) is 4.94. The maximum Gasteiger partial charge on any atom is 0.324 e. The van der Waals surface area contributed by atoms with E-state index in [1.165, 1.54) is 6.92 Å². The van der Waals surface area contributed by atoms with E-state index in [0.29, 0.717) is 28.8 Å². The Morgan fingerprint density at radius 3 is 2.50 bits per heavy atom. The number of urea groups is 1. The number of aromatic nitrogens is 4. The van der Waals surface area contributed by atoms with Gasteiger partial charge in [-0.2, -0.15) is 5.10 Å². The summed E-state index contributed by atoms with van der Waals surface area (Å²) < 4.78 is 8.64. The molecule has 11 heteroatoms. The Hall–Kier alpha value is -4.77. The van der Waals surface area contributed by atoms with Gasteiger partial charge in [0.25, 0.3) is 0 Å². The van der Waals surface area contributed by atoms with Gasteiger partial charge in [-0.05, 0) is 54.4 Å². The van der Waals surface area contributed by atoms with Gasteiger partial charge in [-0.15, -0.1) is 11.3 Å². The first-order valence-corrected chi connectivity index (χ1v) is 12.7. The van der Waals surface area contributed by atoms with Crippen molar-refractivity contribution in [3.8, 4) is 17.2 Å². The molecule has 0 fully saturated rings. The molecule has 0 bridgehead atoms. The Labute approximate surface area is 222 Å². The Kier molecular flexibility index (Phi) is 7.00. The lowest BCUT2D eigenvalue weighted by molar-refractivity contribution is -0.114. The van der Waals surface area contributed by atoms with Gasteiger partial charge < -0.3 is 15.4 Å². The largest absolute Gasteiger partial charge is 0.457 e. The Morgan fingerprint density at radius 2 is 1.74 bits per heavy atom. The van der Waals surface area contributed by atoms with E-state index in [4.69, 9.17) is 9.84 Å². The van der Waals surface area contributed by atoms with Crippen LogP contribution in [0.4, 0.5) is 22.1 Å². The number of rotatable bonds is 7. The molecule has 0 unspecified atom stereocenters. The first-order valence-electron chi connectivity index (χ1n) is 11.9. The number of pyridine rings is 1. The van der Waals surface area contributed by atoms with Gasteiger partial charge in [-0.25, -0.2) is 19.4 Å². The first-order chi connectivity index (χ1) is 18.3. The topological polar surface area (TPSA) is 123 Å². The van der Waals surface area contributed by atoms with E-state index in [1.807, 2.05) is 24.3 Å². The van der Waals surface area contributed by atoms with Crippen molar-refractivity contribution in [3.63, 3.8) is 0 Å². The van der Waals surface area contributed by atoms with Crippen LogP contribution in [0.2, 0.25) is 0 Å². The maximum atomic E-state index is 12.9. The third kappa shape index (κ3) is 5.79. The standard InChI is InChI=1S/C27H25N7O3S/c1-16(2)22-14-26(34(33-22)19-6-9-24-23(12-19)29-15-38-24)32-27(36)31-18-4-7-20(8-5-18)37-21-10-11-28-25(13-21)30-17(3)35/h4-16H,1-3H3,(H,28,30,35)(H2,31,32,36). The zero-order chi connectivity index (χ0) is 26.6. The highest BCUT2D eigenvalue weighted by molar-refractivity contribution is 7.16. The molecule has 0 saturated carbocycles. The van der Waals surface area contributed by atoms with Crippen LogP contribution in [0, 0.1) is 0 Å². The van der Waals surface area contributed by atoms with Crippen LogP contribution in [0.3, 0.4) is 0 Å². The van der Waals surface area contributed by atoms with Gasteiger partial charge >= 0.3 is 6.03 Å². The summed E-state index contributed by atoms with van der Waals surface area (Å²) in [6, 6.07) is 17.6. The lowest BCUT2D eigenvalue weighted by atomic mass is 10.1. The monoisotopic (exact) mass is 527 g/mol. The first kappa shape index (κ1) is 24.9. The van der Waals surface area contributed by atoms with Gasteiger partial charge in [-0.1, -0.05) is 13.8 Å². The number of benzene rings is 2. The third-order valence-electron chi connectivity index (χ3n) is 5.50. The number of amides is 3. The van der Waals surface area contributed by atoms with Crippen molar-refractivity contribution in [1.29, 1.82) is 0 Å². The highest BCUT2D eigenvalue weighted by Gasteiger charge is 2.15. The summed E-state index contributed by atoms with van der Waals surface area (Å²) in [5, 5.41) is 13.1. The van der Waals surface area contributed by atoms with E-state index in [2.05, 4.69) is 39.8 Å². The van der Waals surface area contributed by atoms with E-state index in [0.717, 1.165) is 21.6 Å². The number of ether oxygens (including phenoxy) is 1. The predicted molar refractivity (Wildman–Crippen MR) is 149 cm³/mol. The number of hydrogen-bond acceptors (Lipinski definition) is 7. The number of nitrogens with zero attached hydrogens (tertiary/aromatic N) is 4. The van der Waals surface area contributed by atoms with Crippen LogP contribution < -0.4 is 20.7 Å². The molecule has 5 aromatic rings. The van der Waals surface area contributed by atoms with E-state index in [1.54, 1.807) is 64.1 Å². The number of thiazole rings is 1. The van der Waals surface area contributed by atoms with Crippen LogP contribution in [0.25, 0.3) is 15.9 Å². The molecule has 3 aromatic heterocycles. The SMILES string of the molecule is CC(=O)Nc1cc(Oc2ccc(NC(=O)Nc3cc(C(C)C)nn3-c3ccc4scnc4c3)cc2)ccn1. The van der Waals surface area contributed by atoms with Crippen LogP contribution in [0.5, 0.6) is 11.5 Å². The molecule has 2 aromatic carbocycles. The normalized spacial score (nSPS) is 10.9. The zero-order valence-electron chi connectivity index (χ0n) is 20.9. The van der Waals surface area contributed by atoms with Crippen LogP contribution in [-0.4, -0.2) is 31.7 Å². The Balaban J connectivity index is 1.28. The van der Waals surface area contributed by atoms with Crippen molar-refractivity contribution in [1.82, 2.24) is 19.7 Å². The van der Waals surface area contributed by atoms with E-state index >= 15 is 0 Å². The van der Waals surface area contributed by atoms with Gasteiger partial charge in [0, 0.05) is 30.9 Å². The molecule has 0 aliphatic heterocycles. The van der Waals surface area contributed by atoms with Crippen molar-refractivity contribution in [2.75, 3.05) is 16.0 Å². The summed E-state index contributed by atoms with van der Waals surface area (Å²) in [6.45, 7) is 5.52. The van der Waals surface area contributed by atoms with Crippen LogP contribution >= 0.6 is 11.3 Å². The highest BCUT2D eigenvalue weighted by Crippen LogP contribution is 2.27. The number of hydrogen-bond donors (Lipinski definition) is 3. The predicted octanol–water partition coefficient (Wildman–Crippen LogP) is 6.40. The number of anilines is 3. The molecule has 0 spiro atoms. The maximum absolute atomic E-state index is 12.9. The lowest BCUT2D eigenvalue weighted by Crippen LogP contribution is -2.21. The van der Waals surface area contributed by atoms with Crippen molar-refractivity contribution in [3.05, 3.63) is 78.1 Å². The van der Waals surface area contributed by atoms with E-state index in [9.17, 15) is 9.59 Å². The number of carbonyl (C=O) groups excluding carboxylic acids is 2. The molecule has 3 N–H and O–H groups in total. The summed E-state index contributed by atoms with van der Waals surface area (Å²) in [6.07, 6.45) is 1.55. The molecule has 0 aliphatic rings. The Bertz CT molecular complexity index is 1610. The van der Waals surface area contributed by atoms with Gasteiger partial charge in [0.05, 0.1) is 27.1 Å². The number of fused-ring (bicyclic) bond motifs is 1. The summed E-state index contributed by atoms with van der Waals surface area (Å²) in [4.78, 5) is 32.6. The molecular weight excluding hydrogens is 502 g/mol. The molecule has 0 radical (unpaired) electrons. The second-order valence-electron chi connectivity index (χ2n) is 8.79. The molecule has 5 rings (SSSR count). The molecule has 3 amide bonds. The highest BCUT2D eigenvalue weighted by atomic mass is 32.1. The summed E-state index contributed by atoms with van der Waals surface area (Å²) >= 11 is 1.57. The van der Waals surface area contributed by atoms with Gasteiger partial charge in [-0.3, -0.25) is 10.1 Å². The van der Waals surface area contributed by atoms with Gasteiger partial charge in [0.2, 0.25) is 5.91 Å². The molecule has 0 atom stereocenters. The number of nitrogens with one attached hydrogen (secondary N) is 3. The Morgan fingerprint density at radius 1 is 0.921 bits per heavy atom. The lowest BCUT2D eigenvalue weighted by Gasteiger charge is -2.11. The smallest absolute Gasteiger partial charge is 0.324 e. The summed E-state index contributed by atoms with van der Waals surface area (Å²) in [5.74, 6) is 2.00. The minimum absolute atomic E-state index is 0.185. The average molecular weight is 528 g/mol. The van der Waals surface area contributed by atoms with E-state index < -0.39 is 6.03 Å².